The molecule has 1 aliphatic heterocycles. The van der Waals surface area contributed by atoms with Crippen molar-refractivity contribution in [1.82, 2.24) is 0 Å². The van der Waals surface area contributed by atoms with Crippen LogP contribution in [0.25, 0.3) is 0 Å². The lowest BCUT2D eigenvalue weighted by Gasteiger charge is -2.32. The lowest BCUT2D eigenvalue weighted by molar-refractivity contribution is 0.00578. The lowest BCUT2D eigenvalue weighted by atomic mass is 9.74. The predicted molar refractivity (Wildman–Crippen MR) is 73.9 cm³/mol. The van der Waals surface area contributed by atoms with E-state index in [2.05, 4.69) is 53.7 Å². The van der Waals surface area contributed by atoms with E-state index in [9.17, 15) is 0 Å². The number of hydrogen-bond acceptors (Lipinski definition) is 2. The molecule has 0 bridgehead atoms. The Bertz CT molecular complexity index is 324. The Kier molecular flexibility index (Phi) is 4.26. The molecular formula is C14H25BO2. The third-order valence-corrected chi connectivity index (χ3v) is 3.84. The molecule has 0 aromatic rings. The summed E-state index contributed by atoms with van der Waals surface area (Å²) in [4.78, 5) is 0. The zero-order chi connectivity index (χ0) is 13.3. The van der Waals surface area contributed by atoms with Crippen LogP contribution in [0.15, 0.2) is 23.2 Å². The van der Waals surface area contributed by atoms with Crippen LogP contribution in [0.1, 0.15) is 54.9 Å². The van der Waals surface area contributed by atoms with Crippen LogP contribution < -0.4 is 0 Å². The number of allylic oxidation sites excluding steroid dienone is 4. The van der Waals surface area contributed by atoms with Crippen molar-refractivity contribution < 1.29 is 9.31 Å². The first-order chi connectivity index (χ1) is 7.75. The second kappa shape index (κ2) is 4.99. The van der Waals surface area contributed by atoms with E-state index in [4.69, 9.17) is 9.31 Å². The zero-order valence-electron chi connectivity index (χ0n) is 12.3. The third-order valence-electron chi connectivity index (χ3n) is 3.84. The van der Waals surface area contributed by atoms with Gasteiger partial charge in [-0.25, -0.2) is 0 Å². The fourth-order valence-electron chi connectivity index (χ4n) is 1.97. The molecule has 0 spiro atoms. The van der Waals surface area contributed by atoms with Crippen molar-refractivity contribution in [1.29, 1.82) is 0 Å². The molecule has 1 saturated heterocycles. The van der Waals surface area contributed by atoms with E-state index in [1.807, 2.05) is 6.92 Å². The molecule has 0 amide bonds. The Morgan fingerprint density at radius 3 is 1.94 bits per heavy atom. The van der Waals surface area contributed by atoms with Gasteiger partial charge in [0.25, 0.3) is 0 Å². The van der Waals surface area contributed by atoms with Crippen LogP contribution in [-0.2, 0) is 9.31 Å². The van der Waals surface area contributed by atoms with Crippen molar-refractivity contribution in [2.75, 3.05) is 0 Å². The standard InChI is InChI=1S/C14H25BO2/c1-8-10-11(3)12(9-2)15-16-13(4,5)14(6,7)17-15/h8,10H,9H2,1-7H3. The van der Waals surface area contributed by atoms with Crippen molar-refractivity contribution in [2.45, 2.75) is 66.1 Å². The highest BCUT2D eigenvalue weighted by Crippen LogP contribution is 2.39. The van der Waals surface area contributed by atoms with Crippen LogP contribution in [0.2, 0.25) is 0 Å². The lowest BCUT2D eigenvalue weighted by Crippen LogP contribution is -2.41. The first kappa shape index (κ1) is 14.5. The molecule has 1 heterocycles. The number of rotatable bonds is 3. The molecule has 3 heteroatoms. The van der Waals surface area contributed by atoms with Gasteiger partial charge in [0.2, 0.25) is 0 Å². The van der Waals surface area contributed by atoms with Gasteiger partial charge >= 0.3 is 7.12 Å². The van der Waals surface area contributed by atoms with Gasteiger partial charge in [0.05, 0.1) is 11.2 Å². The molecule has 0 saturated carbocycles. The van der Waals surface area contributed by atoms with Gasteiger partial charge in [-0.3, -0.25) is 0 Å². The maximum atomic E-state index is 6.07. The van der Waals surface area contributed by atoms with Gasteiger partial charge in [-0.15, -0.1) is 0 Å². The van der Waals surface area contributed by atoms with Crippen LogP contribution in [0.4, 0.5) is 0 Å². The van der Waals surface area contributed by atoms with Crippen molar-refractivity contribution in [2.24, 2.45) is 0 Å². The molecular weight excluding hydrogens is 211 g/mol. The summed E-state index contributed by atoms with van der Waals surface area (Å²) in [5.41, 5.74) is 1.97. The first-order valence-electron chi connectivity index (χ1n) is 6.43. The fraction of sp³-hybridized carbons (Fsp3) is 0.714. The molecule has 1 rings (SSSR count). The summed E-state index contributed by atoms with van der Waals surface area (Å²) in [5, 5.41) is 0. The van der Waals surface area contributed by atoms with Gasteiger partial charge in [0.15, 0.2) is 0 Å². The molecule has 0 aromatic carbocycles. The van der Waals surface area contributed by atoms with Crippen molar-refractivity contribution >= 4 is 7.12 Å². The highest BCUT2D eigenvalue weighted by molar-refractivity contribution is 6.54. The van der Waals surface area contributed by atoms with E-state index >= 15 is 0 Å². The largest absolute Gasteiger partial charge is 0.490 e. The van der Waals surface area contributed by atoms with Crippen LogP contribution in [0.5, 0.6) is 0 Å². The van der Waals surface area contributed by atoms with E-state index in [1.165, 1.54) is 11.0 Å². The van der Waals surface area contributed by atoms with Gasteiger partial charge in [-0.2, -0.15) is 0 Å². The van der Waals surface area contributed by atoms with E-state index < -0.39 is 0 Å². The summed E-state index contributed by atoms with van der Waals surface area (Å²) in [6.07, 6.45) is 5.12. The van der Waals surface area contributed by atoms with Gasteiger partial charge in [0.1, 0.15) is 0 Å². The molecule has 0 aliphatic carbocycles. The Morgan fingerprint density at radius 1 is 1.12 bits per heavy atom. The molecule has 0 N–H and O–H groups in total. The van der Waals surface area contributed by atoms with Gasteiger partial charge in [-0.05, 0) is 53.4 Å². The normalized spacial score (nSPS) is 24.3. The van der Waals surface area contributed by atoms with Crippen molar-refractivity contribution in [3.8, 4) is 0 Å². The van der Waals surface area contributed by atoms with E-state index in [-0.39, 0.29) is 18.3 Å². The molecule has 1 fully saturated rings. The smallest absolute Gasteiger partial charge is 0.400 e. The Hall–Kier alpha value is -0.535. The van der Waals surface area contributed by atoms with Crippen molar-refractivity contribution in [3.05, 3.63) is 23.2 Å². The minimum atomic E-state index is -0.256. The minimum absolute atomic E-state index is 0.207. The predicted octanol–water partition coefficient (Wildman–Crippen LogP) is 3.92. The Labute approximate surface area is 106 Å². The van der Waals surface area contributed by atoms with Gasteiger partial charge in [0, 0.05) is 0 Å². The van der Waals surface area contributed by atoms with Crippen LogP contribution in [0.3, 0.4) is 0 Å². The quantitative estimate of drug-likeness (QED) is 0.546. The molecule has 0 atom stereocenters. The molecule has 1 aliphatic rings. The maximum absolute atomic E-state index is 6.07. The molecule has 17 heavy (non-hydrogen) atoms. The summed E-state index contributed by atoms with van der Waals surface area (Å²) in [6, 6.07) is 0. The molecule has 0 aromatic heterocycles. The first-order valence-corrected chi connectivity index (χ1v) is 6.43. The molecule has 96 valence electrons. The third kappa shape index (κ3) is 2.83. The Morgan fingerprint density at radius 2 is 1.59 bits per heavy atom. The second-order valence-corrected chi connectivity index (χ2v) is 5.65. The van der Waals surface area contributed by atoms with Crippen molar-refractivity contribution in [3.63, 3.8) is 0 Å². The van der Waals surface area contributed by atoms with E-state index in [0.29, 0.717) is 0 Å². The highest BCUT2D eigenvalue weighted by atomic mass is 16.7. The molecule has 0 radical (unpaired) electrons. The SMILES string of the molecule is CC=CC(C)=C(CC)B1OC(C)(C)C(C)(C)O1. The average molecular weight is 236 g/mol. The summed E-state index contributed by atoms with van der Waals surface area (Å²) < 4.78 is 12.1. The maximum Gasteiger partial charge on any atom is 0.490 e. The molecule has 0 unspecified atom stereocenters. The number of hydrogen-bond donors (Lipinski definition) is 0. The van der Waals surface area contributed by atoms with Gasteiger partial charge < -0.3 is 9.31 Å². The monoisotopic (exact) mass is 236 g/mol. The van der Waals surface area contributed by atoms with Crippen LogP contribution in [0, 0.1) is 0 Å². The van der Waals surface area contributed by atoms with E-state index in [1.54, 1.807) is 0 Å². The van der Waals surface area contributed by atoms with Crippen LogP contribution >= 0.6 is 0 Å². The zero-order valence-corrected chi connectivity index (χ0v) is 12.3. The Balaban J connectivity index is 3.00. The molecule has 2 nitrogen and oxygen atoms in total. The average Bonchev–Trinajstić information content (AvgIpc) is 2.37. The summed E-state index contributed by atoms with van der Waals surface area (Å²) >= 11 is 0. The minimum Gasteiger partial charge on any atom is -0.400 e. The highest BCUT2D eigenvalue weighted by Gasteiger charge is 2.52. The van der Waals surface area contributed by atoms with E-state index in [0.717, 1.165) is 6.42 Å². The second-order valence-electron chi connectivity index (χ2n) is 5.65. The summed E-state index contributed by atoms with van der Waals surface area (Å²) in [5.74, 6) is 0. The summed E-state index contributed by atoms with van der Waals surface area (Å²) in [7, 11) is -0.207. The van der Waals surface area contributed by atoms with Crippen LogP contribution in [-0.4, -0.2) is 18.3 Å². The van der Waals surface area contributed by atoms with Gasteiger partial charge in [-0.1, -0.05) is 24.6 Å². The summed E-state index contributed by atoms with van der Waals surface area (Å²) in [6.45, 7) is 14.6. The fourth-order valence-corrected chi connectivity index (χ4v) is 1.97. The topological polar surface area (TPSA) is 18.5 Å².